The van der Waals surface area contributed by atoms with Crippen LogP contribution in [0.4, 0.5) is 0 Å². The first-order chi connectivity index (χ1) is 12.1. The van der Waals surface area contributed by atoms with Gasteiger partial charge in [-0.3, -0.25) is 0 Å². The Labute approximate surface area is 156 Å². The minimum atomic E-state index is -3.71. The van der Waals surface area contributed by atoms with Crippen molar-refractivity contribution in [1.29, 1.82) is 0 Å². The second-order valence-electron chi connectivity index (χ2n) is 6.19. The van der Waals surface area contributed by atoms with Gasteiger partial charge in [0.25, 0.3) is 0 Å². The van der Waals surface area contributed by atoms with Crippen LogP contribution in [-0.4, -0.2) is 46.6 Å². The predicted molar refractivity (Wildman–Crippen MR) is 102 cm³/mol. The van der Waals surface area contributed by atoms with Crippen molar-refractivity contribution in [2.75, 3.05) is 21.1 Å². The second kappa shape index (κ2) is 7.87. The molecule has 0 bridgehead atoms. The Balaban J connectivity index is 2.23. The van der Waals surface area contributed by atoms with Crippen molar-refractivity contribution in [2.24, 2.45) is 0 Å². The predicted octanol–water partition coefficient (Wildman–Crippen LogP) is 2.32. The van der Waals surface area contributed by atoms with Crippen LogP contribution in [0.1, 0.15) is 18.1 Å². The Hall–Kier alpha value is -1.74. The third kappa shape index (κ3) is 4.32. The lowest BCUT2D eigenvalue weighted by atomic mass is 10.1. The standard InChI is InChI=1S/C18H24N2O4S2/c1-5-15-6-8-16(9-7-15)14-20(4)26(23,24)18-12-10-17(11-13-18)25(21,22)19(2)3/h6-13H,5,14H2,1-4H3. The largest absolute Gasteiger partial charge is 0.243 e. The molecule has 6 nitrogen and oxygen atoms in total. The minimum Gasteiger partial charge on any atom is -0.207 e. The molecule has 0 aliphatic carbocycles. The first-order valence-electron chi connectivity index (χ1n) is 8.15. The summed E-state index contributed by atoms with van der Waals surface area (Å²) in [7, 11) is -2.94. The number of rotatable bonds is 7. The Morgan fingerprint density at radius 3 is 1.54 bits per heavy atom. The summed E-state index contributed by atoms with van der Waals surface area (Å²) < 4.78 is 52.0. The van der Waals surface area contributed by atoms with Gasteiger partial charge in [-0.1, -0.05) is 31.2 Å². The fraction of sp³-hybridized carbons (Fsp3) is 0.333. The monoisotopic (exact) mass is 396 g/mol. The molecule has 2 rings (SSSR count). The third-order valence-corrected chi connectivity index (χ3v) is 7.79. The fourth-order valence-electron chi connectivity index (χ4n) is 2.40. The molecule has 0 radical (unpaired) electrons. The van der Waals surface area contributed by atoms with Gasteiger partial charge in [0.2, 0.25) is 20.0 Å². The highest BCUT2D eigenvalue weighted by atomic mass is 32.2. The molecule has 0 aliphatic rings. The average molecular weight is 397 g/mol. The zero-order valence-electron chi connectivity index (χ0n) is 15.4. The lowest BCUT2D eigenvalue weighted by Crippen LogP contribution is -2.26. The molecule has 0 heterocycles. The Morgan fingerprint density at radius 1 is 0.692 bits per heavy atom. The SMILES string of the molecule is CCc1ccc(CN(C)S(=O)(=O)c2ccc(S(=O)(=O)N(C)C)cc2)cc1. The fourth-order valence-corrected chi connectivity index (χ4v) is 4.46. The van der Waals surface area contributed by atoms with E-state index < -0.39 is 20.0 Å². The molecule has 2 aromatic rings. The van der Waals surface area contributed by atoms with E-state index in [4.69, 9.17) is 0 Å². The highest BCUT2D eigenvalue weighted by Crippen LogP contribution is 2.20. The molecule has 0 amide bonds. The molecule has 0 fully saturated rings. The van der Waals surface area contributed by atoms with Gasteiger partial charge in [0.1, 0.15) is 0 Å². The molecule has 26 heavy (non-hydrogen) atoms. The van der Waals surface area contributed by atoms with E-state index in [0.29, 0.717) is 0 Å². The molecule has 0 aliphatic heterocycles. The maximum Gasteiger partial charge on any atom is 0.243 e. The van der Waals surface area contributed by atoms with Gasteiger partial charge in [-0.25, -0.2) is 21.1 Å². The molecule has 0 atom stereocenters. The van der Waals surface area contributed by atoms with Crippen LogP contribution in [0, 0.1) is 0 Å². The Kier molecular flexibility index (Phi) is 6.23. The van der Waals surface area contributed by atoms with E-state index >= 15 is 0 Å². The van der Waals surface area contributed by atoms with Gasteiger partial charge in [0.15, 0.2) is 0 Å². The summed E-state index contributed by atoms with van der Waals surface area (Å²) in [4.78, 5) is 0.113. The van der Waals surface area contributed by atoms with Gasteiger partial charge < -0.3 is 0 Å². The van der Waals surface area contributed by atoms with Crippen molar-refractivity contribution < 1.29 is 16.8 Å². The number of hydrogen-bond acceptors (Lipinski definition) is 4. The van der Waals surface area contributed by atoms with E-state index in [2.05, 4.69) is 6.92 Å². The van der Waals surface area contributed by atoms with Crippen LogP contribution in [0.25, 0.3) is 0 Å². The number of nitrogens with zero attached hydrogens (tertiary/aromatic N) is 2. The average Bonchev–Trinajstić information content (AvgIpc) is 2.62. The number of aryl methyl sites for hydroxylation is 1. The normalized spacial score (nSPS) is 12.7. The van der Waals surface area contributed by atoms with Crippen LogP contribution in [0.5, 0.6) is 0 Å². The van der Waals surface area contributed by atoms with Gasteiger partial charge in [-0.2, -0.15) is 4.31 Å². The van der Waals surface area contributed by atoms with Gasteiger partial charge in [-0.05, 0) is 41.8 Å². The highest BCUT2D eigenvalue weighted by molar-refractivity contribution is 7.89. The maximum absolute atomic E-state index is 12.7. The van der Waals surface area contributed by atoms with E-state index in [1.54, 1.807) is 0 Å². The van der Waals surface area contributed by atoms with Crippen LogP contribution in [0.15, 0.2) is 58.3 Å². The van der Waals surface area contributed by atoms with Crippen LogP contribution >= 0.6 is 0 Å². The molecular weight excluding hydrogens is 372 g/mol. The lowest BCUT2D eigenvalue weighted by Gasteiger charge is -2.18. The topological polar surface area (TPSA) is 74.8 Å². The van der Waals surface area contributed by atoms with Crippen molar-refractivity contribution in [2.45, 2.75) is 29.7 Å². The van der Waals surface area contributed by atoms with E-state index in [-0.39, 0.29) is 16.3 Å². The molecule has 0 spiro atoms. The van der Waals surface area contributed by atoms with E-state index in [1.807, 2.05) is 24.3 Å². The highest BCUT2D eigenvalue weighted by Gasteiger charge is 2.23. The summed E-state index contributed by atoms with van der Waals surface area (Å²) in [6, 6.07) is 13.1. The van der Waals surface area contributed by atoms with Gasteiger partial charge in [0.05, 0.1) is 9.79 Å². The summed E-state index contributed by atoms with van der Waals surface area (Å²) in [5.41, 5.74) is 2.08. The molecule has 2 aromatic carbocycles. The van der Waals surface area contributed by atoms with Crippen molar-refractivity contribution in [1.82, 2.24) is 8.61 Å². The van der Waals surface area contributed by atoms with E-state index in [0.717, 1.165) is 16.3 Å². The molecule has 0 aromatic heterocycles. The quantitative estimate of drug-likeness (QED) is 0.720. The van der Waals surface area contributed by atoms with Crippen LogP contribution in [-0.2, 0) is 33.0 Å². The molecule has 8 heteroatoms. The van der Waals surface area contributed by atoms with Gasteiger partial charge >= 0.3 is 0 Å². The molecular formula is C18H24N2O4S2. The van der Waals surface area contributed by atoms with Gasteiger partial charge in [0, 0.05) is 27.7 Å². The molecule has 0 saturated heterocycles. The van der Waals surface area contributed by atoms with Crippen molar-refractivity contribution in [3.63, 3.8) is 0 Å². The summed E-state index contributed by atoms with van der Waals surface area (Å²) in [5, 5.41) is 0. The van der Waals surface area contributed by atoms with E-state index in [1.165, 1.54) is 55.3 Å². The Bertz CT molecular complexity index is 949. The van der Waals surface area contributed by atoms with Crippen molar-refractivity contribution in [3.8, 4) is 0 Å². The van der Waals surface area contributed by atoms with Crippen molar-refractivity contribution >= 4 is 20.0 Å². The van der Waals surface area contributed by atoms with Crippen LogP contribution in [0.2, 0.25) is 0 Å². The minimum absolute atomic E-state index is 0.0549. The summed E-state index contributed by atoms with van der Waals surface area (Å²) in [6.07, 6.45) is 0.927. The van der Waals surface area contributed by atoms with Crippen LogP contribution < -0.4 is 0 Å². The van der Waals surface area contributed by atoms with Crippen LogP contribution in [0.3, 0.4) is 0 Å². The summed E-state index contributed by atoms with van der Waals surface area (Å²) in [5.74, 6) is 0. The first-order valence-corrected chi connectivity index (χ1v) is 11.0. The lowest BCUT2D eigenvalue weighted by molar-refractivity contribution is 0.466. The summed E-state index contributed by atoms with van der Waals surface area (Å²) in [6.45, 7) is 2.30. The second-order valence-corrected chi connectivity index (χ2v) is 10.4. The molecule has 0 N–H and O–H groups in total. The number of sulfonamides is 2. The Morgan fingerprint density at radius 2 is 1.12 bits per heavy atom. The van der Waals surface area contributed by atoms with E-state index in [9.17, 15) is 16.8 Å². The zero-order valence-corrected chi connectivity index (χ0v) is 17.0. The van der Waals surface area contributed by atoms with Gasteiger partial charge in [-0.15, -0.1) is 0 Å². The number of hydrogen-bond donors (Lipinski definition) is 0. The first kappa shape index (κ1) is 20.6. The number of benzene rings is 2. The molecule has 0 unspecified atom stereocenters. The van der Waals surface area contributed by atoms with Crippen molar-refractivity contribution in [3.05, 3.63) is 59.7 Å². The zero-order chi connectivity index (χ0) is 19.5. The summed E-state index contributed by atoms with van der Waals surface area (Å²) >= 11 is 0. The third-order valence-electron chi connectivity index (χ3n) is 4.15. The molecule has 142 valence electrons. The molecule has 0 saturated carbocycles. The smallest absolute Gasteiger partial charge is 0.207 e. The maximum atomic E-state index is 12.7.